The number of carbonyl (C=O) groups excluding carboxylic acids is 1. The summed E-state index contributed by atoms with van der Waals surface area (Å²) in [5.74, 6) is 4.75. The number of fused-ring (bicyclic) bond motifs is 1. The SMILES string of the molecule is CCOC(=O)C#Cc1cccc2ccncc12. The highest BCUT2D eigenvalue weighted by molar-refractivity contribution is 5.92. The number of aromatic nitrogens is 1. The summed E-state index contributed by atoms with van der Waals surface area (Å²) in [5, 5.41) is 1.99. The average molecular weight is 225 g/mol. The summed E-state index contributed by atoms with van der Waals surface area (Å²) in [5.41, 5.74) is 0.781. The van der Waals surface area contributed by atoms with E-state index in [0.717, 1.165) is 16.3 Å². The first-order valence-corrected chi connectivity index (χ1v) is 5.33. The summed E-state index contributed by atoms with van der Waals surface area (Å²) in [6, 6.07) is 7.64. The zero-order valence-corrected chi connectivity index (χ0v) is 9.43. The largest absolute Gasteiger partial charge is 0.456 e. The molecule has 2 rings (SSSR count). The van der Waals surface area contributed by atoms with E-state index in [0.29, 0.717) is 6.61 Å². The van der Waals surface area contributed by atoms with Crippen molar-refractivity contribution in [3.63, 3.8) is 0 Å². The minimum absolute atomic E-state index is 0.338. The van der Waals surface area contributed by atoms with Gasteiger partial charge in [0.1, 0.15) is 0 Å². The lowest BCUT2D eigenvalue weighted by Gasteiger charge is -1.98. The Balaban J connectivity index is 2.39. The molecule has 0 aliphatic heterocycles. The van der Waals surface area contributed by atoms with Gasteiger partial charge in [0.25, 0.3) is 0 Å². The Morgan fingerprint density at radius 2 is 2.29 bits per heavy atom. The summed E-state index contributed by atoms with van der Waals surface area (Å²) in [6.45, 7) is 2.09. The maximum atomic E-state index is 11.1. The number of esters is 1. The lowest BCUT2D eigenvalue weighted by molar-refractivity contribution is -0.136. The quantitative estimate of drug-likeness (QED) is 0.551. The van der Waals surface area contributed by atoms with Crippen LogP contribution in [0.3, 0.4) is 0 Å². The Hall–Kier alpha value is -2.34. The standard InChI is InChI=1S/C14H11NO2/c1-2-17-14(16)7-6-11-4-3-5-12-8-9-15-10-13(11)12/h3-5,8-10H,2H2,1H3. The van der Waals surface area contributed by atoms with Crippen LogP contribution in [-0.4, -0.2) is 17.6 Å². The van der Waals surface area contributed by atoms with Gasteiger partial charge in [0.05, 0.1) is 6.61 Å². The number of ether oxygens (including phenoxy) is 1. The lowest BCUT2D eigenvalue weighted by Crippen LogP contribution is -1.99. The van der Waals surface area contributed by atoms with Crippen LogP contribution in [0.4, 0.5) is 0 Å². The smallest absolute Gasteiger partial charge is 0.384 e. The Morgan fingerprint density at radius 1 is 1.41 bits per heavy atom. The van der Waals surface area contributed by atoms with Crippen LogP contribution in [0.15, 0.2) is 36.7 Å². The Labute approximate surface area is 99.4 Å². The number of benzene rings is 1. The zero-order valence-electron chi connectivity index (χ0n) is 9.43. The predicted octanol–water partition coefficient (Wildman–Crippen LogP) is 2.15. The van der Waals surface area contributed by atoms with Crippen LogP contribution in [-0.2, 0) is 9.53 Å². The summed E-state index contributed by atoms with van der Waals surface area (Å²) >= 11 is 0. The van der Waals surface area contributed by atoms with Gasteiger partial charge >= 0.3 is 5.97 Å². The third kappa shape index (κ3) is 2.61. The monoisotopic (exact) mass is 225 g/mol. The van der Waals surface area contributed by atoms with Gasteiger partial charge in [-0.3, -0.25) is 4.98 Å². The van der Waals surface area contributed by atoms with Crippen molar-refractivity contribution < 1.29 is 9.53 Å². The first-order valence-electron chi connectivity index (χ1n) is 5.33. The molecule has 0 unspecified atom stereocenters. The molecule has 0 N–H and O–H groups in total. The molecule has 0 bridgehead atoms. The highest BCUT2D eigenvalue weighted by Crippen LogP contribution is 2.15. The molecule has 0 saturated heterocycles. The number of hydrogen-bond acceptors (Lipinski definition) is 3. The minimum atomic E-state index is -0.506. The van der Waals surface area contributed by atoms with Gasteiger partial charge in [-0.25, -0.2) is 4.79 Å². The van der Waals surface area contributed by atoms with Gasteiger partial charge in [0.2, 0.25) is 0 Å². The van der Waals surface area contributed by atoms with Crippen LogP contribution in [0.2, 0.25) is 0 Å². The van der Waals surface area contributed by atoms with Crippen molar-refractivity contribution in [3.05, 3.63) is 42.2 Å². The predicted molar refractivity (Wildman–Crippen MR) is 65.3 cm³/mol. The van der Waals surface area contributed by atoms with E-state index in [1.54, 1.807) is 19.3 Å². The molecule has 3 nitrogen and oxygen atoms in total. The van der Waals surface area contributed by atoms with E-state index < -0.39 is 5.97 Å². The average Bonchev–Trinajstić information content (AvgIpc) is 2.36. The third-order valence-corrected chi connectivity index (χ3v) is 2.26. The van der Waals surface area contributed by atoms with Gasteiger partial charge in [-0.05, 0) is 24.4 Å². The molecule has 0 atom stereocenters. The van der Waals surface area contributed by atoms with Gasteiger partial charge in [0.15, 0.2) is 0 Å². The summed E-state index contributed by atoms with van der Waals surface area (Å²) < 4.78 is 4.75. The summed E-state index contributed by atoms with van der Waals surface area (Å²) in [4.78, 5) is 15.2. The molecule has 1 aromatic carbocycles. The van der Waals surface area contributed by atoms with E-state index >= 15 is 0 Å². The third-order valence-electron chi connectivity index (χ3n) is 2.26. The van der Waals surface area contributed by atoms with Crippen LogP contribution >= 0.6 is 0 Å². The highest BCUT2D eigenvalue weighted by Gasteiger charge is 1.98. The number of nitrogens with zero attached hydrogens (tertiary/aromatic N) is 1. The fraction of sp³-hybridized carbons (Fsp3) is 0.143. The maximum absolute atomic E-state index is 11.1. The molecular weight excluding hydrogens is 214 g/mol. The summed E-state index contributed by atoms with van der Waals surface area (Å²) in [7, 11) is 0. The fourth-order valence-electron chi connectivity index (χ4n) is 1.51. The molecule has 3 heteroatoms. The van der Waals surface area contributed by atoms with E-state index in [1.807, 2.05) is 24.3 Å². The minimum Gasteiger partial charge on any atom is -0.456 e. The zero-order chi connectivity index (χ0) is 12.1. The molecule has 1 aromatic heterocycles. The molecule has 17 heavy (non-hydrogen) atoms. The number of rotatable bonds is 1. The van der Waals surface area contributed by atoms with Gasteiger partial charge in [-0.2, -0.15) is 0 Å². The van der Waals surface area contributed by atoms with Gasteiger partial charge in [-0.1, -0.05) is 18.1 Å². The molecule has 84 valence electrons. The second-order valence-electron chi connectivity index (χ2n) is 3.37. The number of carbonyl (C=O) groups is 1. The Morgan fingerprint density at radius 3 is 3.12 bits per heavy atom. The molecule has 0 aliphatic carbocycles. The topological polar surface area (TPSA) is 39.2 Å². The number of hydrogen-bond donors (Lipinski definition) is 0. The lowest BCUT2D eigenvalue weighted by atomic mass is 10.1. The molecule has 2 aromatic rings. The molecule has 0 amide bonds. The van der Waals surface area contributed by atoms with Crippen LogP contribution < -0.4 is 0 Å². The van der Waals surface area contributed by atoms with Gasteiger partial charge in [-0.15, -0.1) is 0 Å². The number of pyridine rings is 1. The molecule has 0 radical (unpaired) electrons. The van der Waals surface area contributed by atoms with Crippen molar-refractivity contribution in [1.82, 2.24) is 4.98 Å². The van der Waals surface area contributed by atoms with Crippen molar-refractivity contribution >= 4 is 16.7 Å². The van der Waals surface area contributed by atoms with Crippen molar-refractivity contribution in [2.24, 2.45) is 0 Å². The van der Waals surface area contributed by atoms with Crippen molar-refractivity contribution in [1.29, 1.82) is 0 Å². The summed E-state index contributed by atoms with van der Waals surface area (Å²) in [6.07, 6.45) is 3.47. The van der Waals surface area contributed by atoms with Crippen molar-refractivity contribution in [2.75, 3.05) is 6.61 Å². The second-order valence-corrected chi connectivity index (χ2v) is 3.37. The van der Waals surface area contributed by atoms with Gasteiger partial charge < -0.3 is 4.74 Å². The second kappa shape index (κ2) is 5.13. The fourth-order valence-corrected chi connectivity index (χ4v) is 1.51. The van der Waals surface area contributed by atoms with Crippen LogP contribution in [0.1, 0.15) is 12.5 Å². The Bertz CT molecular complexity index is 603. The van der Waals surface area contributed by atoms with E-state index in [4.69, 9.17) is 4.74 Å². The van der Waals surface area contributed by atoms with Crippen molar-refractivity contribution in [2.45, 2.75) is 6.92 Å². The molecule has 0 spiro atoms. The molecular formula is C14H11NO2. The molecule has 1 heterocycles. The van der Waals surface area contributed by atoms with Crippen LogP contribution in [0.5, 0.6) is 0 Å². The van der Waals surface area contributed by atoms with E-state index in [2.05, 4.69) is 16.8 Å². The Kier molecular flexibility index (Phi) is 3.37. The molecule has 0 saturated carbocycles. The van der Waals surface area contributed by atoms with E-state index in [-0.39, 0.29) is 0 Å². The first-order chi connectivity index (χ1) is 8.31. The van der Waals surface area contributed by atoms with E-state index in [1.165, 1.54) is 0 Å². The van der Waals surface area contributed by atoms with Crippen LogP contribution in [0.25, 0.3) is 10.8 Å². The normalized spacial score (nSPS) is 9.47. The van der Waals surface area contributed by atoms with Crippen LogP contribution in [0, 0.1) is 11.8 Å². The van der Waals surface area contributed by atoms with E-state index in [9.17, 15) is 4.79 Å². The van der Waals surface area contributed by atoms with Gasteiger partial charge in [0, 0.05) is 29.3 Å². The van der Waals surface area contributed by atoms with Crippen molar-refractivity contribution in [3.8, 4) is 11.8 Å². The molecule has 0 fully saturated rings. The maximum Gasteiger partial charge on any atom is 0.384 e. The molecule has 0 aliphatic rings. The first kappa shape index (κ1) is 11.2. The highest BCUT2D eigenvalue weighted by atomic mass is 16.5.